The molecule has 2 aliphatic carbocycles. The molecule has 0 aromatic heterocycles. The summed E-state index contributed by atoms with van der Waals surface area (Å²) in [6.45, 7) is 2.31. The fraction of sp³-hybridized carbons (Fsp3) is 0.929. The van der Waals surface area contributed by atoms with Crippen molar-refractivity contribution < 1.29 is 18.3 Å². The molecule has 0 bridgehead atoms. The van der Waals surface area contributed by atoms with Crippen LogP contribution in [0, 0.1) is 5.92 Å². The predicted octanol–water partition coefficient (Wildman–Crippen LogP) is 2.22. The minimum absolute atomic E-state index is 0.0776. The summed E-state index contributed by atoms with van der Waals surface area (Å²) < 4.78 is 27.3. The minimum Gasteiger partial charge on any atom is -0.481 e. The van der Waals surface area contributed by atoms with Crippen LogP contribution in [0.5, 0.6) is 0 Å². The second kappa shape index (κ2) is 6.43. The van der Waals surface area contributed by atoms with Crippen molar-refractivity contribution in [3.8, 4) is 0 Å². The number of carboxylic acid groups (broad SMARTS) is 1. The molecule has 5 nitrogen and oxygen atoms in total. The highest BCUT2D eigenvalue weighted by Gasteiger charge is 2.45. The fourth-order valence-electron chi connectivity index (χ4n) is 3.75. The van der Waals surface area contributed by atoms with Crippen molar-refractivity contribution in [2.45, 2.75) is 69.6 Å². The number of hydrogen-bond donors (Lipinski definition) is 1. The van der Waals surface area contributed by atoms with Crippen LogP contribution in [0.25, 0.3) is 0 Å². The van der Waals surface area contributed by atoms with Crippen LogP contribution in [0.3, 0.4) is 0 Å². The van der Waals surface area contributed by atoms with E-state index in [2.05, 4.69) is 0 Å². The summed E-state index contributed by atoms with van der Waals surface area (Å²) >= 11 is 0. The molecule has 2 fully saturated rings. The van der Waals surface area contributed by atoms with Gasteiger partial charge < -0.3 is 5.11 Å². The number of carbonyl (C=O) groups is 1. The molecule has 0 aliphatic heterocycles. The van der Waals surface area contributed by atoms with Gasteiger partial charge in [0.05, 0.1) is 11.2 Å². The summed E-state index contributed by atoms with van der Waals surface area (Å²) in [6.07, 6.45) is 6.82. The lowest BCUT2D eigenvalue weighted by Crippen LogP contribution is -2.47. The van der Waals surface area contributed by atoms with Gasteiger partial charge in [-0.1, -0.05) is 32.6 Å². The second-order valence-corrected chi connectivity index (χ2v) is 8.06. The van der Waals surface area contributed by atoms with Crippen molar-refractivity contribution >= 4 is 16.0 Å². The Balaban J connectivity index is 2.20. The molecule has 2 aliphatic rings. The molecule has 0 aromatic rings. The second-order valence-electron chi connectivity index (χ2n) is 5.95. The summed E-state index contributed by atoms with van der Waals surface area (Å²) in [5.74, 6) is -1.69. The average Bonchev–Trinajstić information content (AvgIpc) is 2.90. The number of aliphatic carboxylic acids is 1. The van der Waals surface area contributed by atoms with E-state index in [-0.39, 0.29) is 6.04 Å². The number of nitrogens with zero attached hydrogens (tertiary/aromatic N) is 1. The van der Waals surface area contributed by atoms with Gasteiger partial charge in [0.25, 0.3) is 0 Å². The van der Waals surface area contributed by atoms with E-state index in [1.165, 1.54) is 6.42 Å². The lowest BCUT2D eigenvalue weighted by Gasteiger charge is -2.35. The van der Waals surface area contributed by atoms with Crippen LogP contribution in [0.15, 0.2) is 0 Å². The highest BCUT2D eigenvalue weighted by Crippen LogP contribution is 2.35. The Kier molecular flexibility index (Phi) is 5.07. The van der Waals surface area contributed by atoms with Gasteiger partial charge in [-0.2, -0.15) is 4.31 Å². The number of hydrogen-bond acceptors (Lipinski definition) is 3. The van der Waals surface area contributed by atoms with Crippen molar-refractivity contribution in [2.24, 2.45) is 5.92 Å². The van der Waals surface area contributed by atoms with Gasteiger partial charge in [0.1, 0.15) is 0 Å². The smallest absolute Gasteiger partial charge is 0.307 e. The van der Waals surface area contributed by atoms with E-state index in [4.69, 9.17) is 0 Å². The lowest BCUT2D eigenvalue weighted by molar-refractivity contribution is -0.141. The Bertz CT molecular complexity index is 442. The van der Waals surface area contributed by atoms with Crippen molar-refractivity contribution in [1.82, 2.24) is 4.31 Å². The summed E-state index contributed by atoms with van der Waals surface area (Å²) in [5, 5.41) is 8.51. The van der Waals surface area contributed by atoms with E-state index in [0.717, 1.165) is 25.7 Å². The quantitative estimate of drug-likeness (QED) is 0.845. The van der Waals surface area contributed by atoms with Crippen LogP contribution in [0.1, 0.15) is 58.3 Å². The highest BCUT2D eigenvalue weighted by molar-refractivity contribution is 7.89. The van der Waals surface area contributed by atoms with Crippen molar-refractivity contribution in [3.05, 3.63) is 0 Å². The summed E-state index contributed by atoms with van der Waals surface area (Å²) in [6, 6.07) is 0.0776. The standard InChI is InChI=1S/C14H25NO4S/c1-2-15(11-7-4-3-5-8-11)20(18,19)13-10-6-9-12(13)14(16)17/h11-13H,2-10H2,1H3,(H,16,17). The molecule has 0 aromatic carbocycles. The van der Waals surface area contributed by atoms with Crippen LogP contribution in [0.2, 0.25) is 0 Å². The molecule has 0 radical (unpaired) electrons. The Labute approximate surface area is 121 Å². The first kappa shape index (κ1) is 15.8. The molecule has 116 valence electrons. The van der Waals surface area contributed by atoms with Gasteiger partial charge in [-0.05, 0) is 25.7 Å². The van der Waals surface area contributed by atoms with Gasteiger partial charge in [-0.15, -0.1) is 0 Å². The third-order valence-corrected chi connectivity index (χ3v) is 7.31. The van der Waals surface area contributed by atoms with Crippen LogP contribution < -0.4 is 0 Å². The Morgan fingerprint density at radius 2 is 1.75 bits per heavy atom. The van der Waals surface area contributed by atoms with Crippen molar-refractivity contribution in [1.29, 1.82) is 0 Å². The lowest BCUT2D eigenvalue weighted by atomic mass is 9.95. The van der Waals surface area contributed by atoms with Crippen LogP contribution in [-0.4, -0.2) is 41.6 Å². The first-order chi connectivity index (χ1) is 9.48. The largest absolute Gasteiger partial charge is 0.481 e. The van der Waals surface area contributed by atoms with E-state index in [0.29, 0.717) is 25.8 Å². The van der Waals surface area contributed by atoms with Gasteiger partial charge in [-0.3, -0.25) is 4.79 Å². The van der Waals surface area contributed by atoms with Crippen LogP contribution in [0.4, 0.5) is 0 Å². The van der Waals surface area contributed by atoms with Crippen LogP contribution >= 0.6 is 0 Å². The van der Waals surface area contributed by atoms with Gasteiger partial charge in [0.15, 0.2) is 0 Å². The first-order valence-corrected chi connectivity index (χ1v) is 9.22. The van der Waals surface area contributed by atoms with E-state index >= 15 is 0 Å². The molecular formula is C14H25NO4S. The van der Waals surface area contributed by atoms with Crippen LogP contribution in [-0.2, 0) is 14.8 Å². The Morgan fingerprint density at radius 1 is 1.10 bits per heavy atom. The molecule has 6 heteroatoms. The maximum absolute atomic E-state index is 12.8. The first-order valence-electron chi connectivity index (χ1n) is 7.72. The molecule has 20 heavy (non-hydrogen) atoms. The molecule has 0 saturated heterocycles. The van der Waals surface area contributed by atoms with Gasteiger partial charge in [0.2, 0.25) is 10.0 Å². The summed E-state index contributed by atoms with van der Waals surface area (Å²) in [5.41, 5.74) is 0. The molecule has 0 heterocycles. The topological polar surface area (TPSA) is 74.7 Å². The zero-order valence-corrected chi connectivity index (χ0v) is 12.9. The molecule has 1 N–H and O–H groups in total. The predicted molar refractivity (Wildman–Crippen MR) is 76.9 cm³/mol. The Hall–Kier alpha value is -0.620. The number of sulfonamides is 1. The third kappa shape index (κ3) is 3.01. The number of rotatable bonds is 5. The maximum atomic E-state index is 12.8. The summed E-state index contributed by atoms with van der Waals surface area (Å²) in [4.78, 5) is 11.3. The van der Waals surface area contributed by atoms with Crippen molar-refractivity contribution in [2.75, 3.05) is 6.54 Å². The minimum atomic E-state index is -3.49. The molecule has 2 atom stereocenters. The molecule has 0 spiro atoms. The summed E-state index contributed by atoms with van der Waals surface area (Å²) in [7, 11) is -3.49. The van der Waals surface area contributed by atoms with Gasteiger partial charge in [0, 0.05) is 12.6 Å². The van der Waals surface area contributed by atoms with Gasteiger partial charge >= 0.3 is 5.97 Å². The van der Waals surface area contributed by atoms with E-state index in [1.807, 2.05) is 6.92 Å². The van der Waals surface area contributed by atoms with E-state index in [1.54, 1.807) is 4.31 Å². The zero-order chi connectivity index (χ0) is 14.8. The molecule has 2 rings (SSSR count). The van der Waals surface area contributed by atoms with E-state index < -0.39 is 27.2 Å². The van der Waals surface area contributed by atoms with E-state index in [9.17, 15) is 18.3 Å². The normalized spacial score (nSPS) is 28.9. The SMILES string of the molecule is CCN(C1CCCCC1)S(=O)(=O)C1CCCC1C(=O)O. The monoisotopic (exact) mass is 303 g/mol. The molecule has 2 saturated carbocycles. The highest BCUT2D eigenvalue weighted by atomic mass is 32.2. The fourth-order valence-corrected chi connectivity index (χ4v) is 6.22. The van der Waals surface area contributed by atoms with Crippen molar-refractivity contribution in [3.63, 3.8) is 0 Å². The van der Waals surface area contributed by atoms with Gasteiger partial charge in [-0.25, -0.2) is 8.42 Å². The molecule has 2 unspecified atom stereocenters. The molecule has 0 amide bonds. The maximum Gasteiger partial charge on any atom is 0.307 e. The molecular weight excluding hydrogens is 278 g/mol. The Morgan fingerprint density at radius 3 is 2.30 bits per heavy atom. The average molecular weight is 303 g/mol. The zero-order valence-electron chi connectivity index (χ0n) is 12.1. The third-order valence-electron chi connectivity index (χ3n) is 4.77. The number of carboxylic acids is 1.